The molecular weight excluding hydrogens is 1110 g/mol. The van der Waals surface area contributed by atoms with Crippen LogP contribution in [-0.2, 0) is 0 Å². The summed E-state index contributed by atoms with van der Waals surface area (Å²) in [4.78, 5) is 4.79. The maximum Gasteiger partial charge on any atom is 0.0541 e. The molecule has 0 saturated carbocycles. The number of benzene rings is 14. The van der Waals surface area contributed by atoms with Crippen molar-refractivity contribution in [1.82, 2.24) is 9.13 Å². The van der Waals surface area contributed by atoms with Crippen molar-refractivity contribution in [1.29, 1.82) is 0 Å². The molecule has 0 atom stereocenters. The Balaban J connectivity index is 0.705. The van der Waals surface area contributed by atoms with Crippen molar-refractivity contribution < 1.29 is 0 Å². The predicted octanol–water partition coefficient (Wildman–Crippen LogP) is 24.4. The lowest BCUT2D eigenvalue weighted by molar-refractivity contribution is 1.18. The van der Waals surface area contributed by atoms with Crippen molar-refractivity contribution in [2.45, 2.75) is 27.7 Å². The fraction of sp³-hybridized carbons (Fsp3) is 0.0455. The standard InChI is InChI=1S/C88H66N4/c1-59-25-47-83(61(3)53-59)89(77-43-31-67(32-44-77)71-37-51-87-81(57-71)79-55-69(63-17-9-5-10-18-63)35-49-85(79)91(87)73-21-13-7-14-22-73)75-39-27-65(28-40-75)66-29-41-76(42-30-66)90(84-48-26-60(2)54-62(84)4)78-45-33-68(34-46-78)72-38-52-88-82(58-72)80-56-70(64-19-11-6-12-20-64)36-50-86(80)92(88)74-23-15-8-16-24-74/h5-58H,1-4H3. The van der Waals surface area contributed by atoms with Gasteiger partial charge in [-0.2, -0.15) is 0 Å². The van der Waals surface area contributed by atoms with E-state index in [9.17, 15) is 0 Å². The summed E-state index contributed by atoms with van der Waals surface area (Å²) in [5.74, 6) is 0. The van der Waals surface area contributed by atoms with E-state index in [4.69, 9.17) is 0 Å². The maximum atomic E-state index is 2.39. The van der Waals surface area contributed by atoms with Gasteiger partial charge in [0.2, 0.25) is 0 Å². The van der Waals surface area contributed by atoms with Gasteiger partial charge in [0.15, 0.2) is 0 Å². The highest BCUT2D eigenvalue weighted by Gasteiger charge is 2.21. The normalized spacial score (nSPS) is 11.5. The Morgan fingerprint density at radius 2 is 0.446 bits per heavy atom. The summed E-state index contributed by atoms with van der Waals surface area (Å²) in [6.45, 7) is 8.76. The zero-order chi connectivity index (χ0) is 61.8. The Morgan fingerprint density at radius 1 is 0.207 bits per heavy atom. The highest BCUT2D eigenvalue weighted by atomic mass is 15.1. The molecule has 438 valence electrons. The third kappa shape index (κ3) is 10.2. The Kier molecular flexibility index (Phi) is 14.1. The summed E-state index contributed by atoms with van der Waals surface area (Å²) in [6, 6.07) is 120. The van der Waals surface area contributed by atoms with Gasteiger partial charge in [-0.15, -0.1) is 0 Å². The minimum atomic E-state index is 1.09. The third-order valence-corrected chi connectivity index (χ3v) is 18.5. The van der Waals surface area contributed by atoms with E-state index in [0.717, 1.165) is 56.6 Å². The van der Waals surface area contributed by atoms with E-state index in [-0.39, 0.29) is 0 Å². The summed E-state index contributed by atoms with van der Waals surface area (Å²) in [5.41, 5.74) is 30.5. The molecule has 2 aromatic heterocycles. The van der Waals surface area contributed by atoms with Crippen LogP contribution < -0.4 is 9.80 Å². The van der Waals surface area contributed by atoms with Gasteiger partial charge >= 0.3 is 0 Å². The van der Waals surface area contributed by atoms with Crippen LogP contribution in [0.4, 0.5) is 34.1 Å². The summed E-state index contributed by atoms with van der Waals surface area (Å²) >= 11 is 0. The minimum Gasteiger partial charge on any atom is -0.310 e. The Bertz CT molecular complexity index is 5040. The second-order valence-corrected chi connectivity index (χ2v) is 24.4. The SMILES string of the molecule is Cc1ccc(N(c2ccc(-c3ccc(N(c4ccc(-c5ccc6c(c5)c5cc(-c7ccccc7)ccc5n6-c5ccccc5)cc4)c4ccc(C)cc4C)cc3)cc2)c2ccc(-c3ccc4c(c3)c3cc(-c5ccccc5)ccc3n4-c3ccccc3)cc2)c(C)c1. The van der Waals surface area contributed by atoms with E-state index in [2.05, 4.69) is 374 Å². The molecule has 16 aromatic rings. The minimum absolute atomic E-state index is 1.09. The quantitative estimate of drug-likeness (QED) is 0.114. The summed E-state index contributed by atoms with van der Waals surface area (Å²) in [7, 11) is 0. The fourth-order valence-corrected chi connectivity index (χ4v) is 13.9. The van der Waals surface area contributed by atoms with E-state index in [1.807, 2.05) is 0 Å². The van der Waals surface area contributed by atoms with E-state index >= 15 is 0 Å². The Hall–Kier alpha value is -11.7. The number of hydrogen-bond acceptors (Lipinski definition) is 2. The van der Waals surface area contributed by atoms with Crippen LogP contribution in [0, 0.1) is 27.7 Å². The molecule has 0 aliphatic heterocycles. The van der Waals surface area contributed by atoms with Crippen molar-refractivity contribution >= 4 is 77.7 Å². The van der Waals surface area contributed by atoms with Crippen LogP contribution in [0.5, 0.6) is 0 Å². The van der Waals surface area contributed by atoms with Crippen LogP contribution in [0.25, 0.3) is 111 Å². The zero-order valence-corrected chi connectivity index (χ0v) is 52.0. The van der Waals surface area contributed by atoms with E-state index < -0.39 is 0 Å². The molecule has 0 unspecified atom stereocenters. The summed E-state index contributed by atoms with van der Waals surface area (Å²) < 4.78 is 4.79. The first-order chi connectivity index (χ1) is 45.2. The lowest BCUT2D eigenvalue weighted by Crippen LogP contribution is -2.11. The predicted molar refractivity (Wildman–Crippen MR) is 391 cm³/mol. The smallest absolute Gasteiger partial charge is 0.0541 e. The molecule has 0 N–H and O–H groups in total. The molecule has 0 spiro atoms. The molecule has 0 saturated heterocycles. The number of fused-ring (bicyclic) bond motifs is 6. The Morgan fingerprint density at radius 3 is 0.717 bits per heavy atom. The van der Waals surface area contributed by atoms with Gasteiger partial charge in [-0.05, 0) is 228 Å². The van der Waals surface area contributed by atoms with Crippen LogP contribution in [-0.4, -0.2) is 9.13 Å². The van der Waals surface area contributed by atoms with Crippen molar-refractivity contribution in [3.05, 3.63) is 350 Å². The van der Waals surface area contributed by atoms with Crippen LogP contribution >= 0.6 is 0 Å². The van der Waals surface area contributed by atoms with Crippen molar-refractivity contribution in [3.63, 3.8) is 0 Å². The number of nitrogens with zero attached hydrogens (tertiary/aromatic N) is 4. The molecule has 4 nitrogen and oxygen atoms in total. The molecule has 0 fully saturated rings. The van der Waals surface area contributed by atoms with Crippen LogP contribution in [0.1, 0.15) is 22.3 Å². The van der Waals surface area contributed by atoms with Crippen LogP contribution in [0.15, 0.2) is 328 Å². The van der Waals surface area contributed by atoms with Gasteiger partial charge < -0.3 is 18.9 Å². The average Bonchev–Trinajstić information content (AvgIpc) is 1.59. The largest absolute Gasteiger partial charge is 0.310 e. The third-order valence-electron chi connectivity index (χ3n) is 18.5. The molecule has 0 amide bonds. The molecule has 4 heteroatoms. The van der Waals surface area contributed by atoms with Gasteiger partial charge in [0.05, 0.1) is 22.1 Å². The monoisotopic (exact) mass is 1180 g/mol. The first-order valence-electron chi connectivity index (χ1n) is 31.8. The fourth-order valence-electron chi connectivity index (χ4n) is 13.9. The number of aryl methyl sites for hydroxylation is 4. The van der Waals surface area contributed by atoms with Gasteiger partial charge in [0.25, 0.3) is 0 Å². The first kappa shape index (κ1) is 55.6. The number of para-hydroxylation sites is 2. The molecule has 92 heavy (non-hydrogen) atoms. The molecule has 0 radical (unpaired) electrons. The first-order valence-corrected chi connectivity index (χ1v) is 31.8. The summed E-state index contributed by atoms with van der Waals surface area (Å²) in [5, 5.41) is 4.93. The van der Waals surface area contributed by atoms with E-state index in [1.54, 1.807) is 0 Å². The molecule has 0 bridgehead atoms. The summed E-state index contributed by atoms with van der Waals surface area (Å²) in [6.07, 6.45) is 0. The van der Waals surface area contributed by atoms with Gasteiger partial charge in [-0.25, -0.2) is 0 Å². The van der Waals surface area contributed by atoms with Crippen molar-refractivity contribution in [3.8, 4) is 67.0 Å². The molecular formula is C88H66N4. The lowest BCUT2D eigenvalue weighted by Gasteiger charge is -2.28. The average molecular weight is 1180 g/mol. The zero-order valence-electron chi connectivity index (χ0n) is 52.0. The molecule has 0 aliphatic rings. The van der Waals surface area contributed by atoms with Gasteiger partial charge in [0.1, 0.15) is 0 Å². The maximum absolute atomic E-state index is 2.39. The number of rotatable bonds is 13. The van der Waals surface area contributed by atoms with Crippen molar-refractivity contribution in [2.75, 3.05) is 9.80 Å². The molecule has 2 heterocycles. The topological polar surface area (TPSA) is 16.3 Å². The van der Waals surface area contributed by atoms with Crippen molar-refractivity contribution in [2.24, 2.45) is 0 Å². The van der Waals surface area contributed by atoms with E-state index in [0.29, 0.717) is 0 Å². The lowest BCUT2D eigenvalue weighted by atomic mass is 9.99. The molecule has 0 aliphatic carbocycles. The number of anilines is 6. The molecule has 14 aromatic carbocycles. The highest BCUT2D eigenvalue weighted by molar-refractivity contribution is 6.13. The van der Waals surface area contributed by atoms with Crippen LogP contribution in [0.3, 0.4) is 0 Å². The van der Waals surface area contributed by atoms with Crippen LogP contribution in [0.2, 0.25) is 0 Å². The highest BCUT2D eigenvalue weighted by Crippen LogP contribution is 2.44. The second kappa shape index (κ2) is 23.3. The van der Waals surface area contributed by atoms with Gasteiger partial charge in [0, 0.05) is 67.0 Å². The van der Waals surface area contributed by atoms with Gasteiger partial charge in [-0.3, -0.25) is 0 Å². The van der Waals surface area contributed by atoms with E-state index in [1.165, 1.54) is 110 Å². The molecule has 16 rings (SSSR count). The number of aromatic nitrogens is 2. The second-order valence-electron chi connectivity index (χ2n) is 24.4. The number of hydrogen-bond donors (Lipinski definition) is 0. The Labute approximate surface area is 538 Å². The van der Waals surface area contributed by atoms with Gasteiger partial charge in [-0.1, -0.05) is 205 Å².